The van der Waals surface area contributed by atoms with Crippen LogP contribution in [0.25, 0.3) is 0 Å². The van der Waals surface area contributed by atoms with Crippen molar-refractivity contribution in [2.75, 3.05) is 46.5 Å². The van der Waals surface area contributed by atoms with Crippen molar-refractivity contribution in [2.45, 2.75) is 0 Å². The number of rotatable bonds is 5. The SMILES string of the molecule is COc1ccc(Cl)cc1C(=O)NCC[NH+]1CCOCC1. The van der Waals surface area contributed by atoms with Crippen molar-refractivity contribution in [2.24, 2.45) is 0 Å². The van der Waals surface area contributed by atoms with Gasteiger partial charge in [-0.25, -0.2) is 0 Å². The van der Waals surface area contributed by atoms with Crippen molar-refractivity contribution in [3.63, 3.8) is 0 Å². The second kappa shape index (κ2) is 7.47. The van der Waals surface area contributed by atoms with Gasteiger partial charge in [0.1, 0.15) is 18.8 Å². The molecule has 1 amide bonds. The first-order valence-corrected chi connectivity index (χ1v) is 7.11. The maximum atomic E-state index is 12.1. The molecule has 5 nitrogen and oxygen atoms in total. The van der Waals surface area contributed by atoms with Crippen LogP contribution in [0.15, 0.2) is 18.2 Å². The number of halogens is 1. The van der Waals surface area contributed by atoms with Crippen LogP contribution in [0.1, 0.15) is 10.4 Å². The number of hydrogen-bond acceptors (Lipinski definition) is 3. The van der Waals surface area contributed by atoms with Crippen LogP contribution in [0.5, 0.6) is 5.75 Å². The van der Waals surface area contributed by atoms with Crippen LogP contribution < -0.4 is 15.0 Å². The maximum absolute atomic E-state index is 12.1. The van der Waals surface area contributed by atoms with Gasteiger partial charge in [0.05, 0.1) is 39.0 Å². The first kappa shape index (κ1) is 15.1. The number of ether oxygens (including phenoxy) is 2. The Balaban J connectivity index is 1.86. The van der Waals surface area contributed by atoms with Gasteiger partial charge in [0.2, 0.25) is 0 Å². The second-order valence-electron chi connectivity index (χ2n) is 4.71. The number of quaternary nitrogens is 1. The predicted molar refractivity (Wildman–Crippen MR) is 76.7 cm³/mol. The Kier molecular flexibility index (Phi) is 5.64. The molecule has 0 spiro atoms. The maximum Gasteiger partial charge on any atom is 0.255 e. The number of morpholine rings is 1. The summed E-state index contributed by atoms with van der Waals surface area (Å²) in [5, 5.41) is 3.43. The molecule has 2 rings (SSSR count). The van der Waals surface area contributed by atoms with E-state index in [-0.39, 0.29) is 5.91 Å². The monoisotopic (exact) mass is 299 g/mol. The Hall–Kier alpha value is -1.30. The summed E-state index contributed by atoms with van der Waals surface area (Å²) in [7, 11) is 1.54. The van der Waals surface area contributed by atoms with E-state index in [1.807, 2.05) is 0 Å². The largest absolute Gasteiger partial charge is 0.496 e. The van der Waals surface area contributed by atoms with Crippen molar-refractivity contribution in [1.82, 2.24) is 5.32 Å². The molecule has 0 unspecified atom stereocenters. The zero-order chi connectivity index (χ0) is 14.4. The van der Waals surface area contributed by atoms with E-state index in [0.717, 1.165) is 32.8 Å². The molecule has 1 heterocycles. The van der Waals surface area contributed by atoms with E-state index in [1.54, 1.807) is 18.2 Å². The molecule has 20 heavy (non-hydrogen) atoms. The molecular weight excluding hydrogens is 280 g/mol. The van der Waals surface area contributed by atoms with E-state index in [1.165, 1.54) is 12.0 Å². The van der Waals surface area contributed by atoms with E-state index in [4.69, 9.17) is 21.1 Å². The zero-order valence-corrected chi connectivity index (χ0v) is 12.3. The highest BCUT2D eigenvalue weighted by Crippen LogP contribution is 2.22. The molecule has 0 bridgehead atoms. The molecule has 6 heteroatoms. The lowest BCUT2D eigenvalue weighted by atomic mass is 10.2. The highest BCUT2D eigenvalue weighted by atomic mass is 35.5. The standard InChI is InChI=1S/C14H19ClN2O3/c1-19-13-3-2-11(15)10-12(13)14(18)16-4-5-17-6-8-20-9-7-17/h2-3,10H,4-9H2,1H3,(H,16,18)/p+1. The van der Waals surface area contributed by atoms with Crippen LogP contribution in [-0.2, 0) is 4.74 Å². The van der Waals surface area contributed by atoms with E-state index in [2.05, 4.69) is 5.32 Å². The lowest BCUT2D eigenvalue weighted by molar-refractivity contribution is -0.906. The minimum Gasteiger partial charge on any atom is -0.496 e. The van der Waals surface area contributed by atoms with E-state index < -0.39 is 0 Å². The third kappa shape index (κ3) is 4.10. The number of amides is 1. The van der Waals surface area contributed by atoms with Crippen molar-refractivity contribution in [3.8, 4) is 5.75 Å². The van der Waals surface area contributed by atoms with Gasteiger partial charge in [0.15, 0.2) is 0 Å². The van der Waals surface area contributed by atoms with Crippen LogP contribution in [0.2, 0.25) is 5.02 Å². The lowest BCUT2D eigenvalue weighted by Gasteiger charge is -2.23. The molecule has 1 aromatic rings. The van der Waals surface area contributed by atoms with Crippen molar-refractivity contribution >= 4 is 17.5 Å². The predicted octanol–water partition coefficient (Wildman–Crippen LogP) is -0.00650. The zero-order valence-electron chi connectivity index (χ0n) is 11.6. The van der Waals surface area contributed by atoms with Gasteiger partial charge in [-0.1, -0.05) is 11.6 Å². The molecule has 1 aliphatic heterocycles. The van der Waals surface area contributed by atoms with Gasteiger partial charge < -0.3 is 19.7 Å². The molecule has 110 valence electrons. The van der Waals surface area contributed by atoms with Crippen LogP contribution in [0.3, 0.4) is 0 Å². The molecule has 2 N–H and O–H groups in total. The average molecular weight is 300 g/mol. The topological polar surface area (TPSA) is 52.0 Å². The first-order chi connectivity index (χ1) is 9.70. The number of hydrogen-bond donors (Lipinski definition) is 2. The summed E-state index contributed by atoms with van der Waals surface area (Å²) in [6.07, 6.45) is 0. The van der Waals surface area contributed by atoms with Crippen molar-refractivity contribution < 1.29 is 19.2 Å². The van der Waals surface area contributed by atoms with Gasteiger partial charge in [-0.3, -0.25) is 4.79 Å². The van der Waals surface area contributed by atoms with Crippen LogP contribution in [0, 0.1) is 0 Å². The van der Waals surface area contributed by atoms with Crippen molar-refractivity contribution in [1.29, 1.82) is 0 Å². The normalized spacial score (nSPS) is 15.9. The molecule has 0 radical (unpaired) electrons. The van der Waals surface area contributed by atoms with Crippen LogP contribution >= 0.6 is 11.6 Å². The van der Waals surface area contributed by atoms with E-state index in [0.29, 0.717) is 22.9 Å². The van der Waals surface area contributed by atoms with E-state index >= 15 is 0 Å². The molecular formula is C14H20ClN2O3+. The molecule has 1 aromatic carbocycles. The number of carbonyl (C=O) groups is 1. The molecule has 1 aliphatic rings. The molecule has 0 aromatic heterocycles. The van der Waals surface area contributed by atoms with Gasteiger partial charge in [-0.2, -0.15) is 0 Å². The number of carbonyl (C=O) groups excluding carboxylic acids is 1. The quantitative estimate of drug-likeness (QED) is 0.804. The molecule has 0 atom stereocenters. The lowest BCUT2D eigenvalue weighted by Crippen LogP contribution is -3.14. The first-order valence-electron chi connectivity index (χ1n) is 6.74. The summed E-state index contributed by atoms with van der Waals surface area (Å²) in [5.74, 6) is 0.377. The third-order valence-corrected chi connectivity index (χ3v) is 3.61. The fourth-order valence-corrected chi connectivity index (χ4v) is 2.39. The van der Waals surface area contributed by atoms with Crippen LogP contribution in [0.4, 0.5) is 0 Å². The summed E-state index contributed by atoms with van der Waals surface area (Å²) in [6.45, 7) is 5.12. The molecule has 1 fully saturated rings. The van der Waals surface area contributed by atoms with Crippen molar-refractivity contribution in [3.05, 3.63) is 28.8 Å². The van der Waals surface area contributed by atoms with Gasteiger partial charge in [-0.15, -0.1) is 0 Å². The Labute approximate surface area is 123 Å². The number of nitrogens with one attached hydrogen (secondary N) is 2. The van der Waals surface area contributed by atoms with Gasteiger partial charge in [-0.05, 0) is 18.2 Å². The van der Waals surface area contributed by atoms with Gasteiger partial charge >= 0.3 is 0 Å². The summed E-state index contributed by atoms with van der Waals surface area (Å²) < 4.78 is 10.5. The highest BCUT2D eigenvalue weighted by Gasteiger charge is 2.15. The average Bonchev–Trinajstić information content (AvgIpc) is 2.48. The summed E-state index contributed by atoms with van der Waals surface area (Å²) in [4.78, 5) is 13.6. The number of benzene rings is 1. The van der Waals surface area contributed by atoms with Gasteiger partial charge in [0.25, 0.3) is 5.91 Å². The minimum atomic E-state index is -0.156. The van der Waals surface area contributed by atoms with Gasteiger partial charge in [0, 0.05) is 5.02 Å². The Morgan fingerprint density at radius 2 is 2.20 bits per heavy atom. The highest BCUT2D eigenvalue weighted by molar-refractivity contribution is 6.31. The minimum absolute atomic E-state index is 0.156. The Morgan fingerprint density at radius 1 is 1.45 bits per heavy atom. The molecule has 0 saturated carbocycles. The molecule has 1 saturated heterocycles. The second-order valence-corrected chi connectivity index (χ2v) is 5.15. The fraction of sp³-hybridized carbons (Fsp3) is 0.500. The third-order valence-electron chi connectivity index (χ3n) is 3.37. The van der Waals surface area contributed by atoms with E-state index in [9.17, 15) is 4.79 Å². The smallest absolute Gasteiger partial charge is 0.255 e. The fourth-order valence-electron chi connectivity index (χ4n) is 2.22. The summed E-state index contributed by atoms with van der Waals surface area (Å²) in [6, 6.07) is 5.02. The number of methoxy groups -OCH3 is 1. The Bertz CT molecular complexity index is 462. The summed E-state index contributed by atoms with van der Waals surface area (Å²) in [5.41, 5.74) is 0.469. The summed E-state index contributed by atoms with van der Waals surface area (Å²) >= 11 is 5.92. The Morgan fingerprint density at radius 3 is 2.90 bits per heavy atom. The van der Waals surface area contributed by atoms with Crippen LogP contribution in [-0.4, -0.2) is 52.4 Å². The molecule has 0 aliphatic carbocycles.